The molecule has 0 amide bonds. The average Bonchev–Trinajstić information content (AvgIpc) is 3.80. The third-order valence-electron chi connectivity index (χ3n) is 7.93. The molecule has 0 spiro atoms. The molecule has 208 valence electrons. The van der Waals surface area contributed by atoms with Crippen LogP contribution in [-0.4, -0.2) is 73.3 Å². The van der Waals surface area contributed by atoms with Crippen LogP contribution in [0.3, 0.4) is 0 Å². The number of nitrogens with one attached hydrogen (secondary N) is 2. The van der Waals surface area contributed by atoms with Gasteiger partial charge in [-0.2, -0.15) is 5.10 Å². The zero-order valence-corrected chi connectivity index (χ0v) is 23.1. The Morgan fingerprint density at radius 3 is 2.77 bits per heavy atom. The molecule has 4 heterocycles. The lowest BCUT2D eigenvalue weighted by atomic mass is 10.0. The Balaban J connectivity index is 1.12. The highest BCUT2D eigenvalue weighted by Crippen LogP contribution is 2.41. The molecule has 10 heteroatoms. The van der Waals surface area contributed by atoms with Gasteiger partial charge in [0.25, 0.3) is 0 Å². The molecule has 1 aliphatic rings. The molecular weight excluding hydrogens is 522 g/mol. The van der Waals surface area contributed by atoms with E-state index in [0.717, 1.165) is 59.6 Å². The van der Waals surface area contributed by atoms with Crippen molar-refractivity contribution in [3.8, 4) is 10.4 Å². The molecule has 40 heavy (non-hydrogen) atoms. The zero-order chi connectivity index (χ0) is 27.3. The molecule has 0 bridgehead atoms. The third kappa shape index (κ3) is 5.66. The molecule has 4 N–H and O–H groups in total. The van der Waals surface area contributed by atoms with Crippen LogP contribution in [0.25, 0.3) is 21.5 Å². The number of rotatable bonds is 12. The summed E-state index contributed by atoms with van der Waals surface area (Å²) >= 11 is 1.67. The van der Waals surface area contributed by atoms with Crippen LogP contribution in [0.2, 0.25) is 0 Å². The fourth-order valence-electron chi connectivity index (χ4n) is 5.85. The molecule has 5 aromatic rings. The molecule has 1 aromatic carbocycles. The van der Waals surface area contributed by atoms with E-state index in [1.807, 2.05) is 35.3 Å². The van der Waals surface area contributed by atoms with Crippen molar-refractivity contribution < 1.29 is 10.2 Å². The summed E-state index contributed by atoms with van der Waals surface area (Å²) in [7, 11) is 0. The summed E-state index contributed by atoms with van der Waals surface area (Å²) in [5, 5.41) is 36.1. The number of fused-ring (bicyclic) bond motifs is 1. The normalized spacial score (nSPS) is 20.9. The number of aliphatic hydroxyl groups excluding tert-OH is 2. The molecule has 9 nitrogen and oxygen atoms in total. The lowest BCUT2D eigenvalue weighted by Crippen LogP contribution is -2.37. The summed E-state index contributed by atoms with van der Waals surface area (Å²) in [6.07, 6.45) is 10.0. The van der Waals surface area contributed by atoms with Crippen molar-refractivity contribution in [1.82, 2.24) is 30.0 Å². The largest absolute Gasteiger partial charge is 0.390 e. The van der Waals surface area contributed by atoms with Gasteiger partial charge in [0.2, 0.25) is 0 Å². The Bertz CT molecular complexity index is 1470. The monoisotopic (exact) mass is 557 g/mol. The maximum atomic E-state index is 11.2. The van der Waals surface area contributed by atoms with Crippen LogP contribution in [0.4, 0.5) is 5.69 Å². The molecule has 6 rings (SSSR count). The van der Waals surface area contributed by atoms with E-state index in [4.69, 9.17) is 0 Å². The molecule has 0 unspecified atom stereocenters. The maximum Gasteiger partial charge on any atom is 0.144 e. The van der Waals surface area contributed by atoms with Crippen LogP contribution < -0.4 is 10.2 Å². The van der Waals surface area contributed by atoms with Gasteiger partial charge in [0.15, 0.2) is 0 Å². The topological polar surface area (TPSA) is 115 Å². The Labute approximate surface area is 237 Å². The second-order valence-corrected chi connectivity index (χ2v) is 11.4. The molecule has 4 aromatic heterocycles. The van der Waals surface area contributed by atoms with E-state index in [2.05, 4.69) is 72.3 Å². The highest BCUT2D eigenvalue weighted by molar-refractivity contribution is 7.13. The Hall–Kier alpha value is -3.57. The van der Waals surface area contributed by atoms with Crippen molar-refractivity contribution in [3.05, 3.63) is 84.5 Å². The first-order valence-electron chi connectivity index (χ1n) is 13.9. The van der Waals surface area contributed by atoms with Gasteiger partial charge in [-0.15, -0.1) is 11.3 Å². The SMILES string of the molecule is O[C@@H]1[C@@H](CN(CCCNCCc2ccccc2)c2cn[nH]c2)C[C@@H](n2cc(-c3cccs3)c3cncnc32)[C@@H]1O. The molecule has 0 radical (unpaired) electrons. The molecule has 0 aliphatic heterocycles. The van der Waals surface area contributed by atoms with E-state index in [1.54, 1.807) is 17.7 Å². The van der Waals surface area contributed by atoms with Gasteiger partial charge in [-0.3, -0.25) is 5.10 Å². The first kappa shape index (κ1) is 26.6. The average molecular weight is 558 g/mol. The molecule has 0 saturated heterocycles. The van der Waals surface area contributed by atoms with E-state index in [9.17, 15) is 10.2 Å². The van der Waals surface area contributed by atoms with Gasteiger partial charge in [0, 0.05) is 53.4 Å². The van der Waals surface area contributed by atoms with Crippen molar-refractivity contribution >= 4 is 28.1 Å². The van der Waals surface area contributed by atoms with Crippen LogP contribution in [0.15, 0.2) is 79.0 Å². The second kappa shape index (κ2) is 12.3. The van der Waals surface area contributed by atoms with Gasteiger partial charge >= 0.3 is 0 Å². The van der Waals surface area contributed by atoms with E-state index in [0.29, 0.717) is 13.0 Å². The molecule has 1 saturated carbocycles. The van der Waals surface area contributed by atoms with E-state index >= 15 is 0 Å². The number of thiophene rings is 1. The van der Waals surface area contributed by atoms with Crippen molar-refractivity contribution in [3.63, 3.8) is 0 Å². The first-order valence-corrected chi connectivity index (χ1v) is 14.8. The zero-order valence-electron chi connectivity index (χ0n) is 22.3. The van der Waals surface area contributed by atoms with Crippen molar-refractivity contribution in [2.24, 2.45) is 5.92 Å². The van der Waals surface area contributed by atoms with Crippen LogP contribution in [-0.2, 0) is 6.42 Å². The minimum absolute atomic E-state index is 0.106. The number of hydrogen-bond acceptors (Lipinski definition) is 8. The standard InChI is InChI=1S/C30H35N7O2S/c38-28-22(18-36(23-15-34-35-16-23)12-5-10-31-11-9-21-6-2-1-3-7-21)14-26(29(28)39)37-19-25(27-8-4-13-40-27)24-17-32-20-33-30(24)37/h1-4,6-8,13,15-17,19-20,22,26,28-29,31,38-39H,5,9-12,14,18H2,(H,34,35)/t22-,26-,28-,29+/m1/s1. The highest BCUT2D eigenvalue weighted by Gasteiger charge is 2.43. The van der Waals surface area contributed by atoms with Crippen LogP contribution in [0.5, 0.6) is 0 Å². The molecule has 4 atom stereocenters. The van der Waals surface area contributed by atoms with E-state index in [-0.39, 0.29) is 12.0 Å². The number of benzene rings is 1. The van der Waals surface area contributed by atoms with Gasteiger partial charge in [-0.1, -0.05) is 36.4 Å². The summed E-state index contributed by atoms with van der Waals surface area (Å²) in [6.45, 7) is 3.29. The Kier molecular flexibility index (Phi) is 8.19. The third-order valence-corrected chi connectivity index (χ3v) is 8.83. The lowest BCUT2D eigenvalue weighted by Gasteiger charge is -2.28. The molecule has 1 aliphatic carbocycles. The highest BCUT2D eigenvalue weighted by atomic mass is 32.1. The van der Waals surface area contributed by atoms with Gasteiger partial charge in [-0.05, 0) is 49.4 Å². The van der Waals surface area contributed by atoms with Crippen LogP contribution >= 0.6 is 11.3 Å². The van der Waals surface area contributed by atoms with E-state index < -0.39 is 12.2 Å². The number of aromatic nitrogens is 5. The fraction of sp³-hybridized carbons (Fsp3) is 0.367. The fourth-order valence-corrected chi connectivity index (χ4v) is 6.60. The number of aromatic amines is 1. The first-order chi connectivity index (χ1) is 19.7. The van der Waals surface area contributed by atoms with Crippen LogP contribution in [0, 0.1) is 5.92 Å². The number of hydrogen-bond donors (Lipinski definition) is 4. The summed E-state index contributed by atoms with van der Waals surface area (Å²) in [5.41, 5.74) is 4.16. The molecular formula is C30H35N7O2S. The van der Waals surface area contributed by atoms with Crippen molar-refractivity contribution in [1.29, 1.82) is 0 Å². The van der Waals surface area contributed by atoms with Crippen molar-refractivity contribution in [2.45, 2.75) is 37.5 Å². The predicted octanol–water partition coefficient (Wildman–Crippen LogP) is 3.89. The van der Waals surface area contributed by atoms with Gasteiger partial charge in [0.1, 0.15) is 18.1 Å². The summed E-state index contributed by atoms with van der Waals surface area (Å²) in [5.74, 6) is -0.106. The van der Waals surface area contributed by atoms with Gasteiger partial charge < -0.3 is 25.0 Å². The smallest absolute Gasteiger partial charge is 0.144 e. The summed E-state index contributed by atoms with van der Waals surface area (Å²) in [4.78, 5) is 12.2. The number of H-pyrrole nitrogens is 1. The minimum Gasteiger partial charge on any atom is -0.390 e. The number of nitrogens with zero attached hydrogens (tertiary/aromatic N) is 5. The summed E-state index contributed by atoms with van der Waals surface area (Å²) < 4.78 is 2.04. The number of anilines is 1. The lowest BCUT2D eigenvalue weighted by molar-refractivity contribution is 0.00793. The quantitative estimate of drug-likeness (QED) is 0.172. The minimum atomic E-state index is -0.891. The number of aliphatic hydroxyl groups is 2. The Morgan fingerprint density at radius 1 is 1.07 bits per heavy atom. The second-order valence-electron chi connectivity index (χ2n) is 10.5. The van der Waals surface area contributed by atoms with E-state index in [1.165, 1.54) is 5.56 Å². The predicted molar refractivity (Wildman–Crippen MR) is 158 cm³/mol. The maximum absolute atomic E-state index is 11.2. The molecule has 1 fully saturated rings. The van der Waals surface area contributed by atoms with Crippen molar-refractivity contribution in [2.75, 3.05) is 31.1 Å². The Morgan fingerprint density at radius 2 is 1.98 bits per heavy atom. The van der Waals surface area contributed by atoms with Crippen LogP contribution in [0.1, 0.15) is 24.4 Å². The summed E-state index contributed by atoms with van der Waals surface area (Å²) in [6, 6.07) is 14.3. The van der Waals surface area contributed by atoms with Gasteiger partial charge in [-0.25, -0.2) is 9.97 Å². The van der Waals surface area contributed by atoms with Gasteiger partial charge in [0.05, 0.1) is 24.0 Å².